The van der Waals surface area contributed by atoms with Gasteiger partial charge in [0.05, 0.1) is 12.2 Å². The van der Waals surface area contributed by atoms with Crippen LogP contribution in [-0.2, 0) is 21.2 Å². The monoisotopic (exact) mass is 411 g/mol. The van der Waals surface area contributed by atoms with Crippen molar-refractivity contribution in [1.29, 1.82) is 0 Å². The first-order chi connectivity index (χ1) is 13.5. The smallest absolute Gasteiger partial charge is 0.395 e. The fourth-order valence-electron chi connectivity index (χ4n) is 3.01. The van der Waals surface area contributed by atoms with Gasteiger partial charge in [-0.3, -0.25) is 14.5 Å². The molecule has 3 rings (SSSR count). The summed E-state index contributed by atoms with van der Waals surface area (Å²) in [7, 11) is 0. The highest BCUT2D eigenvalue weighted by atomic mass is 19.4. The molecular weight excluding hydrogens is 391 g/mol. The molecule has 0 spiro atoms. The van der Waals surface area contributed by atoms with E-state index in [2.05, 4.69) is 10.5 Å². The lowest BCUT2D eigenvalue weighted by Gasteiger charge is -2.24. The molecule has 0 unspecified atom stereocenters. The summed E-state index contributed by atoms with van der Waals surface area (Å²) in [6, 6.07) is 4.68. The van der Waals surface area contributed by atoms with Gasteiger partial charge in [0.1, 0.15) is 11.8 Å². The van der Waals surface area contributed by atoms with E-state index in [9.17, 15) is 27.9 Å². The van der Waals surface area contributed by atoms with E-state index in [-0.39, 0.29) is 36.9 Å². The molecule has 1 saturated heterocycles. The number of carbonyl (C=O) groups excluding carboxylic acids is 2. The summed E-state index contributed by atoms with van der Waals surface area (Å²) in [5.74, 6) is -0.389. The molecule has 0 radical (unpaired) electrons. The van der Waals surface area contributed by atoms with Gasteiger partial charge in [-0.05, 0) is 30.7 Å². The average Bonchev–Trinajstić information content (AvgIpc) is 3.28. The number of anilines is 2. The molecule has 0 bridgehead atoms. The van der Waals surface area contributed by atoms with Crippen LogP contribution in [0.5, 0.6) is 0 Å². The van der Waals surface area contributed by atoms with Crippen LogP contribution in [0, 0.1) is 0 Å². The van der Waals surface area contributed by atoms with Crippen molar-refractivity contribution in [1.82, 2.24) is 5.16 Å². The second-order valence-corrected chi connectivity index (χ2v) is 7.47. The van der Waals surface area contributed by atoms with Gasteiger partial charge >= 0.3 is 6.18 Å². The van der Waals surface area contributed by atoms with Crippen molar-refractivity contribution in [3.8, 4) is 0 Å². The van der Waals surface area contributed by atoms with Gasteiger partial charge in [0.25, 0.3) is 0 Å². The van der Waals surface area contributed by atoms with Crippen molar-refractivity contribution in [3.63, 3.8) is 0 Å². The van der Waals surface area contributed by atoms with Crippen LogP contribution in [0.4, 0.5) is 24.7 Å². The van der Waals surface area contributed by atoms with Crippen LogP contribution in [0.3, 0.4) is 0 Å². The number of rotatable bonds is 5. The zero-order chi connectivity index (χ0) is 21.4. The number of aliphatic hydroxyl groups excluding tert-OH is 1. The van der Waals surface area contributed by atoms with E-state index in [4.69, 9.17) is 4.52 Å². The van der Waals surface area contributed by atoms with Gasteiger partial charge in [0, 0.05) is 23.6 Å². The minimum absolute atomic E-state index is 0.0979. The molecule has 1 aromatic carbocycles. The molecule has 156 valence electrons. The van der Waals surface area contributed by atoms with Crippen LogP contribution >= 0.6 is 0 Å². The third-order valence-electron chi connectivity index (χ3n) is 4.81. The van der Waals surface area contributed by atoms with Crippen molar-refractivity contribution in [2.75, 3.05) is 16.8 Å². The number of nitrogens with one attached hydrogen (secondary N) is 1. The van der Waals surface area contributed by atoms with Crippen LogP contribution in [0.25, 0.3) is 0 Å². The van der Waals surface area contributed by atoms with Crippen LogP contribution < -0.4 is 10.2 Å². The molecule has 2 aromatic rings. The highest BCUT2D eigenvalue weighted by Crippen LogP contribution is 2.33. The Morgan fingerprint density at radius 1 is 1.31 bits per heavy atom. The lowest BCUT2D eigenvalue weighted by atomic mass is 9.92. The number of nitrogens with zero attached hydrogens (tertiary/aromatic N) is 2. The van der Waals surface area contributed by atoms with Crippen molar-refractivity contribution >= 4 is 23.3 Å². The molecule has 0 aliphatic carbocycles. The largest absolute Gasteiger partial charge is 0.416 e. The molecule has 29 heavy (non-hydrogen) atoms. The number of aliphatic hydroxyl groups is 1. The van der Waals surface area contributed by atoms with Gasteiger partial charge in [-0.2, -0.15) is 13.2 Å². The van der Waals surface area contributed by atoms with Crippen molar-refractivity contribution < 1.29 is 32.4 Å². The van der Waals surface area contributed by atoms with Gasteiger partial charge in [0.15, 0.2) is 5.82 Å². The summed E-state index contributed by atoms with van der Waals surface area (Å²) < 4.78 is 43.4. The molecule has 2 N–H and O–H groups in total. The van der Waals surface area contributed by atoms with E-state index in [0.29, 0.717) is 5.76 Å². The van der Waals surface area contributed by atoms with E-state index < -0.39 is 29.1 Å². The second-order valence-electron chi connectivity index (χ2n) is 7.47. The summed E-state index contributed by atoms with van der Waals surface area (Å²) in [5.41, 5.74) is -1.32. The Morgan fingerprint density at radius 3 is 2.55 bits per heavy atom. The van der Waals surface area contributed by atoms with E-state index in [1.54, 1.807) is 13.8 Å². The van der Waals surface area contributed by atoms with Crippen molar-refractivity contribution in [2.45, 2.75) is 44.3 Å². The van der Waals surface area contributed by atoms with Crippen LogP contribution in [0.15, 0.2) is 34.9 Å². The van der Waals surface area contributed by atoms with Crippen molar-refractivity contribution in [3.05, 3.63) is 41.7 Å². The Morgan fingerprint density at radius 2 is 1.97 bits per heavy atom. The lowest BCUT2D eigenvalue weighted by molar-refractivity contribution is -0.137. The number of carbonyl (C=O) groups is 2. The lowest BCUT2D eigenvalue weighted by Crippen LogP contribution is -2.41. The second kappa shape index (κ2) is 7.51. The number of aromatic nitrogens is 1. The van der Waals surface area contributed by atoms with E-state index in [1.807, 2.05) is 0 Å². The molecule has 7 nitrogen and oxygen atoms in total. The standard InChI is InChI=1S/C19H20F3N3O4/c1-18(2,10-26)14-9-15(24-29-14)23-17(28)13-7-8-16(27)25(13)12-5-3-11(4-6-12)19(20,21)22/h3-6,9,13,26H,7-8,10H2,1-2H3,(H,23,24,28)/t13-/m0/s1. The SMILES string of the molecule is CC(C)(CO)c1cc(NC(=O)[C@@H]2CCC(=O)N2c2ccc(C(F)(F)F)cc2)no1. The van der Waals surface area contributed by atoms with Crippen LogP contribution in [-0.4, -0.2) is 34.7 Å². The van der Waals surface area contributed by atoms with E-state index in [0.717, 1.165) is 12.1 Å². The summed E-state index contributed by atoms with van der Waals surface area (Å²) in [5, 5.41) is 15.7. The third kappa shape index (κ3) is 4.26. The summed E-state index contributed by atoms with van der Waals surface area (Å²) in [6.45, 7) is 3.29. The highest BCUT2D eigenvalue weighted by molar-refractivity contribution is 6.07. The van der Waals surface area contributed by atoms with E-state index >= 15 is 0 Å². The molecule has 2 heterocycles. The van der Waals surface area contributed by atoms with Crippen LogP contribution in [0.2, 0.25) is 0 Å². The zero-order valence-electron chi connectivity index (χ0n) is 15.8. The van der Waals surface area contributed by atoms with E-state index in [1.165, 1.54) is 23.1 Å². The van der Waals surface area contributed by atoms with Crippen LogP contribution in [0.1, 0.15) is 38.0 Å². The molecule has 2 amide bonds. The maximum absolute atomic E-state index is 12.8. The Hall–Kier alpha value is -2.88. The Kier molecular flexibility index (Phi) is 5.40. The Balaban J connectivity index is 1.77. The fraction of sp³-hybridized carbons (Fsp3) is 0.421. The van der Waals surface area contributed by atoms with Gasteiger partial charge in [-0.1, -0.05) is 19.0 Å². The number of amides is 2. The quantitative estimate of drug-likeness (QED) is 0.788. The fourth-order valence-corrected chi connectivity index (χ4v) is 3.01. The average molecular weight is 411 g/mol. The summed E-state index contributed by atoms with van der Waals surface area (Å²) in [6.07, 6.45) is -4.17. The molecule has 1 fully saturated rings. The first kappa shape index (κ1) is 20.8. The number of alkyl halides is 3. The summed E-state index contributed by atoms with van der Waals surface area (Å²) >= 11 is 0. The number of hydrogen-bond acceptors (Lipinski definition) is 5. The maximum atomic E-state index is 12.8. The third-order valence-corrected chi connectivity index (χ3v) is 4.81. The summed E-state index contributed by atoms with van der Waals surface area (Å²) in [4.78, 5) is 26.1. The maximum Gasteiger partial charge on any atom is 0.416 e. The predicted octanol–water partition coefficient (Wildman–Crippen LogP) is 3.10. The van der Waals surface area contributed by atoms with Gasteiger partial charge in [-0.15, -0.1) is 0 Å². The molecule has 0 saturated carbocycles. The molecule has 1 atom stereocenters. The topological polar surface area (TPSA) is 95.7 Å². The number of halogens is 3. The Bertz CT molecular complexity index is 906. The molecular formula is C19H20F3N3O4. The molecule has 1 aliphatic rings. The highest BCUT2D eigenvalue weighted by Gasteiger charge is 2.38. The van der Waals surface area contributed by atoms with Crippen molar-refractivity contribution in [2.24, 2.45) is 0 Å². The first-order valence-corrected chi connectivity index (χ1v) is 8.91. The normalized spacial score (nSPS) is 17.7. The minimum atomic E-state index is -4.49. The zero-order valence-corrected chi connectivity index (χ0v) is 15.8. The Labute approximate surface area is 164 Å². The minimum Gasteiger partial charge on any atom is -0.395 e. The molecule has 1 aromatic heterocycles. The van der Waals surface area contributed by atoms with Gasteiger partial charge < -0.3 is 14.9 Å². The van der Waals surface area contributed by atoms with Gasteiger partial charge in [-0.25, -0.2) is 0 Å². The number of benzene rings is 1. The van der Waals surface area contributed by atoms with Gasteiger partial charge in [0.2, 0.25) is 11.8 Å². The number of hydrogen-bond donors (Lipinski definition) is 2. The predicted molar refractivity (Wildman–Crippen MR) is 97.2 cm³/mol. The molecule has 10 heteroatoms. The first-order valence-electron chi connectivity index (χ1n) is 8.91. The molecule has 1 aliphatic heterocycles.